The van der Waals surface area contributed by atoms with E-state index in [1.807, 2.05) is 0 Å². The van der Waals surface area contributed by atoms with Crippen molar-refractivity contribution in [3.05, 3.63) is 70.8 Å². The molecule has 0 aromatic heterocycles. The highest BCUT2D eigenvalue weighted by atomic mass is 14.9. The smallest absolute Gasteiger partial charge is 0.0208 e. The molecule has 1 aliphatic carbocycles. The lowest BCUT2D eigenvalue weighted by molar-refractivity contribution is 0.687. The second-order valence-corrected chi connectivity index (χ2v) is 5.64. The summed E-state index contributed by atoms with van der Waals surface area (Å²) in [5, 5.41) is 3.59. The van der Waals surface area contributed by atoms with Crippen molar-refractivity contribution >= 4 is 0 Å². The van der Waals surface area contributed by atoms with E-state index in [1.165, 1.54) is 35.1 Å². The Labute approximate surface area is 115 Å². The van der Waals surface area contributed by atoms with Gasteiger partial charge in [-0.1, -0.05) is 54.1 Å². The highest BCUT2D eigenvalue weighted by Gasteiger charge is 2.19. The average molecular weight is 251 g/mol. The first kappa shape index (κ1) is 12.4. The van der Waals surface area contributed by atoms with E-state index in [2.05, 4.69) is 60.8 Å². The van der Waals surface area contributed by atoms with Crippen LogP contribution >= 0.6 is 0 Å². The molecule has 1 N–H and O–H groups in total. The van der Waals surface area contributed by atoms with E-state index in [-0.39, 0.29) is 0 Å². The molecule has 0 unspecified atom stereocenters. The third-order valence-corrected chi connectivity index (χ3v) is 3.62. The van der Waals surface area contributed by atoms with Gasteiger partial charge in [-0.3, -0.25) is 0 Å². The minimum Gasteiger partial charge on any atom is -0.310 e. The summed E-state index contributed by atoms with van der Waals surface area (Å²) in [7, 11) is 0. The lowest BCUT2D eigenvalue weighted by Crippen LogP contribution is -2.15. The molecule has 0 amide bonds. The molecule has 19 heavy (non-hydrogen) atoms. The predicted molar refractivity (Wildman–Crippen MR) is 80.3 cm³/mol. The topological polar surface area (TPSA) is 12.0 Å². The van der Waals surface area contributed by atoms with Gasteiger partial charge in [0.2, 0.25) is 0 Å². The van der Waals surface area contributed by atoms with Crippen LogP contribution in [-0.4, -0.2) is 6.04 Å². The van der Waals surface area contributed by atoms with Gasteiger partial charge in [-0.05, 0) is 42.9 Å². The first-order chi connectivity index (χ1) is 9.29. The highest BCUT2D eigenvalue weighted by Crippen LogP contribution is 2.20. The van der Waals surface area contributed by atoms with E-state index in [1.54, 1.807) is 0 Å². The number of hydrogen-bond acceptors (Lipinski definition) is 1. The Morgan fingerprint density at radius 3 is 2.42 bits per heavy atom. The first-order valence-electron chi connectivity index (χ1n) is 7.16. The Balaban J connectivity index is 1.72. The molecule has 2 aromatic rings. The fourth-order valence-corrected chi connectivity index (χ4v) is 2.53. The van der Waals surface area contributed by atoms with Crippen molar-refractivity contribution in [3.8, 4) is 0 Å². The van der Waals surface area contributed by atoms with Crippen molar-refractivity contribution in [2.45, 2.75) is 38.8 Å². The predicted octanol–water partition coefficient (Wildman–Crippen LogP) is 3.84. The number of aryl methyl sites for hydroxylation is 1. The normalized spacial score (nSPS) is 14.6. The fourth-order valence-electron chi connectivity index (χ4n) is 2.53. The molecule has 1 heteroatoms. The van der Waals surface area contributed by atoms with Gasteiger partial charge in [0, 0.05) is 12.6 Å². The van der Waals surface area contributed by atoms with Gasteiger partial charge < -0.3 is 5.32 Å². The summed E-state index contributed by atoms with van der Waals surface area (Å²) < 4.78 is 0. The van der Waals surface area contributed by atoms with Gasteiger partial charge in [-0.15, -0.1) is 0 Å². The Bertz CT molecular complexity index is 541. The fraction of sp³-hybridized carbons (Fsp3) is 0.333. The maximum Gasteiger partial charge on any atom is 0.0208 e. The van der Waals surface area contributed by atoms with Crippen LogP contribution in [0.4, 0.5) is 0 Å². The molecule has 0 saturated heterocycles. The molecular weight excluding hydrogens is 230 g/mol. The maximum absolute atomic E-state index is 3.59. The second-order valence-electron chi connectivity index (χ2n) is 5.64. The monoisotopic (exact) mass is 251 g/mol. The van der Waals surface area contributed by atoms with Gasteiger partial charge in [0.15, 0.2) is 0 Å². The summed E-state index contributed by atoms with van der Waals surface area (Å²) in [5.41, 5.74) is 5.58. The summed E-state index contributed by atoms with van der Waals surface area (Å²) in [5.74, 6) is 0. The van der Waals surface area contributed by atoms with E-state index in [9.17, 15) is 0 Å². The van der Waals surface area contributed by atoms with Crippen molar-refractivity contribution in [1.82, 2.24) is 5.32 Å². The van der Waals surface area contributed by atoms with Crippen molar-refractivity contribution < 1.29 is 0 Å². The molecule has 3 rings (SSSR count). The minimum absolute atomic E-state index is 0.776. The van der Waals surface area contributed by atoms with Crippen molar-refractivity contribution in [2.75, 3.05) is 0 Å². The summed E-state index contributed by atoms with van der Waals surface area (Å²) in [6, 6.07) is 18.4. The van der Waals surface area contributed by atoms with Crippen molar-refractivity contribution in [1.29, 1.82) is 0 Å². The Morgan fingerprint density at radius 1 is 0.947 bits per heavy atom. The maximum atomic E-state index is 3.59. The number of nitrogens with one attached hydrogen (secondary N) is 1. The van der Waals surface area contributed by atoms with E-state index in [0.717, 1.165) is 19.0 Å². The van der Waals surface area contributed by atoms with Gasteiger partial charge in [-0.2, -0.15) is 0 Å². The zero-order valence-corrected chi connectivity index (χ0v) is 11.5. The number of benzene rings is 2. The van der Waals surface area contributed by atoms with Crippen molar-refractivity contribution in [3.63, 3.8) is 0 Å². The van der Waals surface area contributed by atoms with E-state index >= 15 is 0 Å². The minimum atomic E-state index is 0.776. The van der Waals surface area contributed by atoms with Crippen LogP contribution in [0.25, 0.3) is 0 Å². The zero-order chi connectivity index (χ0) is 13.1. The summed E-state index contributed by atoms with van der Waals surface area (Å²) in [4.78, 5) is 0. The van der Waals surface area contributed by atoms with Gasteiger partial charge in [0.05, 0.1) is 0 Å². The quantitative estimate of drug-likeness (QED) is 0.851. The summed E-state index contributed by atoms with van der Waals surface area (Å²) in [6.45, 7) is 3.20. The molecule has 2 aromatic carbocycles. The third kappa shape index (κ3) is 3.68. The molecule has 0 aliphatic heterocycles. The van der Waals surface area contributed by atoms with Crippen LogP contribution in [0.3, 0.4) is 0 Å². The molecule has 1 aliphatic rings. The Hall–Kier alpha value is -1.60. The van der Waals surface area contributed by atoms with Crippen LogP contribution in [-0.2, 0) is 13.0 Å². The van der Waals surface area contributed by atoms with Crippen LogP contribution in [0.5, 0.6) is 0 Å². The standard InChI is InChI=1S/C18H21N/c1-14-9-16(11-15-5-3-2-4-6-15)12-17(10-14)13-19-18-7-8-18/h2-6,9-10,12,18-19H,7-8,11,13H2,1H3. The van der Waals surface area contributed by atoms with Crippen LogP contribution in [0.15, 0.2) is 48.5 Å². The Kier molecular flexibility index (Phi) is 3.65. The van der Waals surface area contributed by atoms with Crippen LogP contribution in [0.2, 0.25) is 0 Å². The van der Waals surface area contributed by atoms with E-state index < -0.39 is 0 Å². The molecule has 0 radical (unpaired) electrons. The van der Waals surface area contributed by atoms with Gasteiger partial charge >= 0.3 is 0 Å². The summed E-state index contributed by atoms with van der Waals surface area (Å²) >= 11 is 0. The molecule has 0 atom stereocenters. The van der Waals surface area contributed by atoms with Gasteiger partial charge in [0.25, 0.3) is 0 Å². The average Bonchev–Trinajstić information content (AvgIpc) is 3.21. The number of rotatable bonds is 5. The second kappa shape index (κ2) is 5.58. The molecule has 0 bridgehead atoms. The van der Waals surface area contributed by atoms with Crippen LogP contribution in [0, 0.1) is 6.92 Å². The highest BCUT2D eigenvalue weighted by molar-refractivity contribution is 5.33. The molecule has 1 nitrogen and oxygen atoms in total. The molecule has 98 valence electrons. The van der Waals surface area contributed by atoms with E-state index in [0.29, 0.717) is 0 Å². The molecule has 1 fully saturated rings. The molecule has 1 saturated carbocycles. The molecule has 0 spiro atoms. The van der Waals surface area contributed by atoms with Gasteiger partial charge in [0.1, 0.15) is 0 Å². The van der Waals surface area contributed by atoms with E-state index in [4.69, 9.17) is 0 Å². The SMILES string of the molecule is Cc1cc(CNC2CC2)cc(Cc2ccccc2)c1. The first-order valence-corrected chi connectivity index (χ1v) is 7.16. The lowest BCUT2D eigenvalue weighted by Gasteiger charge is -2.09. The zero-order valence-electron chi connectivity index (χ0n) is 11.5. The van der Waals surface area contributed by atoms with Crippen molar-refractivity contribution in [2.24, 2.45) is 0 Å². The lowest BCUT2D eigenvalue weighted by atomic mass is 10.0. The largest absolute Gasteiger partial charge is 0.310 e. The van der Waals surface area contributed by atoms with Crippen LogP contribution in [0.1, 0.15) is 35.1 Å². The van der Waals surface area contributed by atoms with Gasteiger partial charge in [-0.25, -0.2) is 0 Å². The summed E-state index contributed by atoms with van der Waals surface area (Å²) in [6.07, 6.45) is 3.73. The van der Waals surface area contributed by atoms with Crippen LogP contribution < -0.4 is 5.32 Å². The number of hydrogen-bond donors (Lipinski definition) is 1. The third-order valence-electron chi connectivity index (χ3n) is 3.62. The Morgan fingerprint density at radius 2 is 1.68 bits per heavy atom. The molecule has 0 heterocycles. The molecular formula is C18H21N.